The van der Waals surface area contributed by atoms with Gasteiger partial charge in [0.1, 0.15) is 11.2 Å². The Morgan fingerprint density at radius 3 is 3.08 bits per heavy atom. The number of carbonyl (C=O) groups excluding carboxylic acids is 1. The van der Waals surface area contributed by atoms with Crippen molar-refractivity contribution >= 4 is 11.6 Å². The number of allylic oxidation sites excluding steroid dienone is 1. The van der Waals surface area contributed by atoms with Crippen molar-refractivity contribution in [3.63, 3.8) is 0 Å². The normalized spacial score (nSPS) is 39.5. The van der Waals surface area contributed by atoms with E-state index >= 15 is 0 Å². The summed E-state index contributed by atoms with van der Waals surface area (Å²) < 4.78 is 6.29. The van der Waals surface area contributed by atoms with E-state index in [0.29, 0.717) is 30.6 Å². The van der Waals surface area contributed by atoms with Crippen molar-refractivity contribution in [1.29, 1.82) is 0 Å². The van der Waals surface area contributed by atoms with Crippen molar-refractivity contribution in [3.05, 3.63) is 35.4 Å². The van der Waals surface area contributed by atoms with Gasteiger partial charge >= 0.3 is 0 Å². The minimum Gasteiger partial charge on any atom is -0.508 e. The van der Waals surface area contributed by atoms with Gasteiger partial charge in [-0.05, 0) is 37.3 Å². The number of phenolic OH excluding ortho intramolecular Hbond substituents is 1. The molecule has 1 aliphatic carbocycles. The predicted molar refractivity (Wildman–Crippen MR) is 95.8 cm³/mol. The average Bonchev–Trinajstić information content (AvgIpc) is 2.74. The van der Waals surface area contributed by atoms with Crippen molar-refractivity contribution in [2.24, 2.45) is 11.8 Å². The molecule has 4 fully saturated rings. The molecule has 2 N–H and O–H groups in total. The number of aromatic hydroxyl groups is 1. The maximum Gasteiger partial charge on any atom is 0.264 e. The number of carbonyl (C=O) groups is 1. The Morgan fingerprint density at radius 2 is 2.31 bits per heavy atom. The number of anilines is 1. The summed E-state index contributed by atoms with van der Waals surface area (Å²) in [6, 6.07) is 5.36. The van der Waals surface area contributed by atoms with Crippen molar-refractivity contribution in [1.82, 2.24) is 5.32 Å². The lowest BCUT2D eigenvalue weighted by Crippen LogP contribution is -2.50. The topological polar surface area (TPSA) is 71.0 Å². The van der Waals surface area contributed by atoms with Crippen molar-refractivity contribution in [2.45, 2.75) is 37.3 Å². The molecule has 138 valence electrons. The fourth-order valence-electron chi connectivity index (χ4n) is 5.69. The molecule has 5 aliphatic rings. The predicted octanol–water partition coefficient (Wildman–Crippen LogP) is 1.88. The minimum absolute atomic E-state index is 0.0809. The van der Waals surface area contributed by atoms with Gasteiger partial charge in [0.25, 0.3) is 5.91 Å². The van der Waals surface area contributed by atoms with Crippen LogP contribution in [0.2, 0.25) is 0 Å². The van der Waals surface area contributed by atoms with Crippen LogP contribution < -0.4 is 10.4 Å². The van der Waals surface area contributed by atoms with Crippen LogP contribution in [0, 0.1) is 11.8 Å². The van der Waals surface area contributed by atoms with Gasteiger partial charge < -0.3 is 15.2 Å². The summed E-state index contributed by atoms with van der Waals surface area (Å²) in [4.78, 5) is 19.0. The van der Waals surface area contributed by atoms with E-state index < -0.39 is 5.41 Å². The van der Waals surface area contributed by atoms with Crippen LogP contribution in [0.4, 0.5) is 5.69 Å². The molecule has 6 heteroatoms. The van der Waals surface area contributed by atoms with E-state index in [4.69, 9.17) is 9.57 Å². The standard InChI is InChI=1S/C20H24N2O4/c1-3-11-9-21-16-8-20(18-7-13(11)14(16)10-26-18)15-5-4-12(23)6-17(15)22(25-2)19(20)24/h3-6,13-14,16,18,21,23H,7-10H2,1-2H3/b11-3+/t13-,14+,16-,18-,20-/m0/s1. The van der Waals surface area contributed by atoms with Gasteiger partial charge in [0.05, 0.1) is 25.5 Å². The first kappa shape index (κ1) is 16.3. The van der Waals surface area contributed by atoms with Gasteiger partial charge in [0.2, 0.25) is 0 Å². The van der Waals surface area contributed by atoms with Gasteiger partial charge in [0.15, 0.2) is 0 Å². The minimum atomic E-state index is -0.761. The largest absolute Gasteiger partial charge is 0.508 e. The molecule has 3 saturated heterocycles. The Hall–Kier alpha value is -1.89. The van der Waals surface area contributed by atoms with Crippen LogP contribution in [0.25, 0.3) is 0 Å². The van der Waals surface area contributed by atoms with Crippen molar-refractivity contribution < 1.29 is 19.5 Å². The SMILES string of the molecule is C/C=C1\CN[C@H]2C[C@@]3(C(=O)N(OC)c4cc(O)ccc43)[C@@H]3C[C@@H]1[C@H]2CO3. The summed E-state index contributed by atoms with van der Waals surface area (Å²) in [5, 5.41) is 14.9. The highest BCUT2D eigenvalue weighted by Crippen LogP contribution is 2.56. The van der Waals surface area contributed by atoms with Crippen LogP contribution in [0.5, 0.6) is 5.75 Å². The zero-order valence-electron chi connectivity index (χ0n) is 15.1. The van der Waals surface area contributed by atoms with Crippen molar-refractivity contribution in [3.8, 4) is 5.75 Å². The number of phenols is 1. The molecule has 1 aromatic carbocycles. The molecule has 4 aliphatic heterocycles. The lowest BCUT2D eigenvalue weighted by Gasteiger charge is -2.42. The number of rotatable bonds is 1. The molecular formula is C20H24N2O4. The van der Waals surface area contributed by atoms with E-state index in [2.05, 4.69) is 18.3 Å². The molecule has 0 radical (unpaired) electrons. The lowest BCUT2D eigenvalue weighted by atomic mass is 9.72. The second-order valence-corrected chi connectivity index (χ2v) is 7.84. The fourth-order valence-corrected chi connectivity index (χ4v) is 5.69. The molecule has 4 bridgehead atoms. The molecule has 1 spiro atoms. The van der Waals surface area contributed by atoms with Gasteiger partial charge in [-0.2, -0.15) is 5.06 Å². The van der Waals surface area contributed by atoms with Crippen LogP contribution in [-0.4, -0.2) is 43.4 Å². The lowest BCUT2D eigenvalue weighted by molar-refractivity contribution is -0.137. The highest BCUT2D eigenvalue weighted by Gasteiger charge is 2.63. The molecule has 0 unspecified atom stereocenters. The molecule has 1 amide bonds. The molecule has 1 aromatic rings. The molecule has 1 saturated carbocycles. The Labute approximate surface area is 152 Å². The van der Waals surface area contributed by atoms with E-state index in [1.165, 1.54) is 17.7 Å². The summed E-state index contributed by atoms with van der Waals surface area (Å²) in [6.07, 6.45) is 3.59. The number of fused-ring (bicyclic) bond motifs is 2. The zero-order valence-corrected chi connectivity index (χ0v) is 15.1. The number of hydroxylamine groups is 1. The number of hydrogen-bond donors (Lipinski definition) is 2. The monoisotopic (exact) mass is 356 g/mol. The maximum atomic E-state index is 13.6. The quantitative estimate of drug-likeness (QED) is 0.752. The second-order valence-electron chi connectivity index (χ2n) is 7.84. The molecule has 0 aromatic heterocycles. The average molecular weight is 356 g/mol. The molecule has 4 heterocycles. The summed E-state index contributed by atoms with van der Waals surface area (Å²) in [5.41, 5.74) is 2.21. The number of nitrogens with zero attached hydrogens (tertiary/aromatic N) is 1. The summed E-state index contributed by atoms with van der Waals surface area (Å²) in [7, 11) is 1.49. The van der Waals surface area contributed by atoms with Gasteiger partial charge in [-0.15, -0.1) is 0 Å². The van der Waals surface area contributed by atoms with Gasteiger partial charge in [-0.3, -0.25) is 9.63 Å². The number of nitrogens with one attached hydrogen (secondary N) is 1. The number of ether oxygens (including phenoxy) is 1. The smallest absolute Gasteiger partial charge is 0.264 e. The van der Waals surface area contributed by atoms with Crippen LogP contribution in [0.15, 0.2) is 29.8 Å². The van der Waals surface area contributed by atoms with Crippen LogP contribution in [-0.2, 0) is 19.8 Å². The first-order valence-electron chi connectivity index (χ1n) is 9.32. The maximum absolute atomic E-state index is 13.6. The van der Waals surface area contributed by atoms with Crippen LogP contribution in [0.1, 0.15) is 25.3 Å². The Balaban J connectivity index is 1.69. The van der Waals surface area contributed by atoms with E-state index in [-0.39, 0.29) is 23.8 Å². The molecule has 6 rings (SSSR count). The molecular weight excluding hydrogens is 332 g/mol. The number of amides is 1. The van der Waals surface area contributed by atoms with Gasteiger partial charge in [0, 0.05) is 24.6 Å². The van der Waals surface area contributed by atoms with Gasteiger partial charge in [-0.1, -0.05) is 17.7 Å². The first-order chi connectivity index (χ1) is 12.6. The number of benzene rings is 1. The Bertz CT molecular complexity index is 807. The Morgan fingerprint density at radius 1 is 1.46 bits per heavy atom. The van der Waals surface area contributed by atoms with E-state index in [1.807, 2.05) is 6.07 Å². The van der Waals surface area contributed by atoms with Crippen molar-refractivity contribution in [2.75, 3.05) is 25.3 Å². The second kappa shape index (κ2) is 5.55. The van der Waals surface area contributed by atoms with Crippen LogP contribution in [0.3, 0.4) is 0 Å². The zero-order chi connectivity index (χ0) is 18.1. The summed E-state index contributed by atoms with van der Waals surface area (Å²) >= 11 is 0. The number of hydrogen-bond acceptors (Lipinski definition) is 5. The van der Waals surface area contributed by atoms with E-state index in [9.17, 15) is 9.90 Å². The van der Waals surface area contributed by atoms with E-state index in [0.717, 1.165) is 18.5 Å². The summed E-state index contributed by atoms with van der Waals surface area (Å²) in [6.45, 7) is 3.66. The van der Waals surface area contributed by atoms with Gasteiger partial charge in [-0.25, -0.2) is 0 Å². The first-order valence-corrected chi connectivity index (χ1v) is 9.32. The Kier molecular flexibility index (Phi) is 3.48. The van der Waals surface area contributed by atoms with Crippen LogP contribution >= 0.6 is 0 Å². The van der Waals surface area contributed by atoms with E-state index in [1.54, 1.807) is 12.1 Å². The summed E-state index contributed by atoms with van der Waals surface area (Å²) in [5.74, 6) is 0.912. The molecule has 5 atom stereocenters. The molecule has 6 nitrogen and oxygen atoms in total. The third-order valence-electron chi connectivity index (χ3n) is 6.93. The third-order valence-corrected chi connectivity index (χ3v) is 6.93. The molecule has 26 heavy (non-hydrogen) atoms. The third kappa shape index (κ3) is 1.89. The fraction of sp³-hybridized carbons (Fsp3) is 0.550. The highest BCUT2D eigenvalue weighted by molar-refractivity contribution is 6.07. The highest BCUT2D eigenvalue weighted by atomic mass is 16.7. The number of piperidine rings is 1.